The summed E-state index contributed by atoms with van der Waals surface area (Å²) in [6, 6.07) is 1.07. The summed E-state index contributed by atoms with van der Waals surface area (Å²) in [5.74, 6) is -1.44. The number of hydrogen-bond acceptors (Lipinski definition) is 6. The molecule has 0 aromatic carbocycles. The van der Waals surface area contributed by atoms with E-state index in [2.05, 4.69) is 15.0 Å². The minimum atomic E-state index is -1.47. The molecule has 0 saturated heterocycles. The number of hydrogen-bond donors (Lipinski definition) is 4. The second kappa shape index (κ2) is 6.50. The summed E-state index contributed by atoms with van der Waals surface area (Å²) < 4.78 is 4.26. The number of ether oxygens (including phenoxy) is 1. The maximum Gasteiger partial charge on any atom is 0.336 e. The maximum atomic E-state index is 11.4. The molecule has 1 rings (SSSR count). The normalized spacial score (nSPS) is 11.7. The van der Waals surface area contributed by atoms with Crippen LogP contribution in [-0.4, -0.2) is 46.7 Å². The summed E-state index contributed by atoms with van der Waals surface area (Å²) in [6.07, 6.45) is -1.72. The van der Waals surface area contributed by atoms with Crippen molar-refractivity contribution in [1.29, 1.82) is 0 Å². The van der Waals surface area contributed by atoms with Gasteiger partial charge in [-0.1, -0.05) is 0 Å². The third-order valence-corrected chi connectivity index (χ3v) is 2.13. The van der Waals surface area contributed by atoms with Crippen LogP contribution in [0.4, 0.5) is 0 Å². The highest BCUT2D eigenvalue weighted by molar-refractivity contribution is 5.80. The zero-order valence-corrected chi connectivity index (χ0v) is 10.1. The van der Waals surface area contributed by atoms with Crippen molar-refractivity contribution in [3.8, 4) is 0 Å². The second-order valence-electron chi connectivity index (χ2n) is 3.63. The molecule has 9 nitrogen and oxygen atoms in total. The first-order chi connectivity index (χ1) is 8.92. The number of aliphatic hydroxyl groups is 1. The van der Waals surface area contributed by atoms with Crippen LogP contribution < -0.4 is 16.6 Å². The predicted octanol–water partition coefficient (Wildman–Crippen LogP) is -2.74. The molecule has 0 saturated carbocycles. The second-order valence-corrected chi connectivity index (χ2v) is 3.63. The number of aromatic amines is 2. The van der Waals surface area contributed by atoms with Gasteiger partial charge < -0.3 is 20.1 Å². The summed E-state index contributed by atoms with van der Waals surface area (Å²) in [6.45, 7) is -0.321. The first kappa shape index (κ1) is 14.6. The molecule has 1 aromatic heterocycles. The van der Waals surface area contributed by atoms with E-state index >= 15 is 0 Å². The van der Waals surface area contributed by atoms with Crippen molar-refractivity contribution in [3.63, 3.8) is 0 Å². The van der Waals surface area contributed by atoms with Crippen LogP contribution in [0.15, 0.2) is 15.7 Å². The monoisotopic (exact) mass is 271 g/mol. The summed E-state index contributed by atoms with van der Waals surface area (Å²) in [5.41, 5.74) is -1.22. The van der Waals surface area contributed by atoms with Crippen molar-refractivity contribution in [2.24, 2.45) is 0 Å². The number of rotatable bonds is 5. The molecule has 0 aliphatic heterocycles. The van der Waals surface area contributed by atoms with Crippen molar-refractivity contribution in [3.05, 3.63) is 32.6 Å². The average molecular weight is 271 g/mol. The van der Waals surface area contributed by atoms with Gasteiger partial charge in [-0.2, -0.15) is 0 Å². The van der Waals surface area contributed by atoms with Crippen molar-refractivity contribution >= 4 is 11.9 Å². The van der Waals surface area contributed by atoms with E-state index in [1.807, 2.05) is 4.98 Å². The van der Waals surface area contributed by atoms with E-state index in [0.717, 1.165) is 13.2 Å². The van der Waals surface area contributed by atoms with Gasteiger partial charge in [-0.05, 0) is 0 Å². The lowest BCUT2D eigenvalue weighted by Gasteiger charge is -2.09. The highest BCUT2D eigenvalue weighted by Gasteiger charge is 2.16. The van der Waals surface area contributed by atoms with Gasteiger partial charge in [-0.3, -0.25) is 14.6 Å². The Bertz CT molecular complexity index is 547. The number of amides is 1. The SMILES string of the molecule is COC(=O)C(O)CNC(=O)Cc1cc(=O)[nH]c(=O)[nH]1. The molecule has 0 spiro atoms. The van der Waals surface area contributed by atoms with Crippen LogP contribution in [0.1, 0.15) is 5.69 Å². The van der Waals surface area contributed by atoms with Crippen LogP contribution in [0, 0.1) is 0 Å². The van der Waals surface area contributed by atoms with E-state index in [-0.39, 0.29) is 18.7 Å². The molecule has 19 heavy (non-hydrogen) atoms. The van der Waals surface area contributed by atoms with Gasteiger partial charge in [0.2, 0.25) is 5.91 Å². The fourth-order valence-electron chi connectivity index (χ4n) is 1.28. The number of aliphatic hydroxyl groups excluding tert-OH is 1. The Balaban J connectivity index is 2.54. The molecule has 0 fully saturated rings. The maximum absolute atomic E-state index is 11.4. The Morgan fingerprint density at radius 2 is 2.11 bits per heavy atom. The van der Waals surface area contributed by atoms with Gasteiger partial charge in [0, 0.05) is 11.8 Å². The third-order valence-electron chi connectivity index (χ3n) is 2.13. The molecule has 1 atom stereocenters. The van der Waals surface area contributed by atoms with Crippen molar-refractivity contribution in [2.75, 3.05) is 13.7 Å². The lowest BCUT2D eigenvalue weighted by molar-refractivity contribution is -0.150. The van der Waals surface area contributed by atoms with E-state index in [1.165, 1.54) is 0 Å². The predicted molar refractivity (Wildman–Crippen MR) is 62.4 cm³/mol. The Hall–Kier alpha value is -2.42. The molecular formula is C10H13N3O6. The quantitative estimate of drug-likeness (QED) is 0.428. The molecule has 1 amide bonds. The van der Waals surface area contributed by atoms with Crippen LogP contribution in [0.2, 0.25) is 0 Å². The van der Waals surface area contributed by atoms with Crippen molar-refractivity contribution < 1.29 is 19.4 Å². The minimum Gasteiger partial charge on any atom is -0.467 e. The summed E-state index contributed by atoms with van der Waals surface area (Å²) >= 11 is 0. The third kappa shape index (κ3) is 4.76. The number of carbonyl (C=O) groups is 2. The number of aromatic nitrogens is 2. The molecule has 1 unspecified atom stereocenters. The fourth-order valence-corrected chi connectivity index (χ4v) is 1.28. The Morgan fingerprint density at radius 1 is 1.42 bits per heavy atom. The number of H-pyrrole nitrogens is 2. The van der Waals surface area contributed by atoms with E-state index in [1.54, 1.807) is 0 Å². The number of methoxy groups -OCH3 is 1. The zero-order chi connectivity index (χ0) is 14.4. The smallest absolute Gasteiger partial charge is 0.336 e. The minimum absolute atomic E-state index is 0.124. The van der Waals surface area contributed by atoms with E-state index < -0.39 is 29.2 Å². The molecule has 1 aromatic rings. The lowest BCUT2D eigenvalue weighted by Crippen LogP contribution is -2.38. The molecule has 0 aliphatic carbocycles. The van der Waals surface area contributed by atoms with Gasteiger partial charge in [0.15, 0.2) is 6.10 Å². The molecule has 4 N–H and O–H groups in total. The zero-order valence-electron chi connectivity index (χ0n) is 10.1. The fraction of sp³-hybridized carbons (Fsp3) is 0.400. The molecule has 0 aliphatic rings. The first-order valence-corrected chi connectivity index (χ1v) is 5.27. The van der Waals surface area contributed by atoms with Crippen LogP contribution in [0.3, 0.4) is 0 Å². The first-order valence-electron chi connectivity index (χ1n) is 5.27. The Labute approximate surface area is 106 Å². The van der Waals surface area contributed by atoms with Crippen molar-refractivity contribution in [2.45, 2.75) is 12.5 Å². The summed E-state index contributed by atoms with van der Waals surface area (Å²) in [7, 11) is 1.11. The molecular weight excluding hydrogens is 258 g/mol. The molecule has 104 valence electrons. The van der Waals surface area contributed by atoms with E-state index in [0.29, 0.717) is 0 Å². The van der Waals surface area contributed by atoms with Crippen LogP contribution in [0.25, 0.3) is 0 Å². The van der Waals surface area contributed by atoms with Crippen LogP contribution >= 0.6 is 0 Å². The van der Waals surface area contributed by atoms with Gasteiger partial charge in [0.25, 0.3) is 5.56 Å². The van der Waals surface area contributed by atoms with Crippen LogP contribution in [-0.2, 0) is 20.7 Å². The highest BCUT2D eigenvalue weighted by Crippen LogP contribution is 1.89. The van der Waals surface area contributed by atoms with Crippen LogP contribution in [0.5, 0.6) is 0 Å². The lowest BCUT2D eigenvalue weighted by atomic mass is 10.2. The number of nitrogens with one attached hydrogen (secondary N) is 3. The van der Waals surface area contributed by atoms with E-state index in [9.17, 15) is 24.3 Å². The molecule has 1 heterocycles. The Morgan fingerprint density at radius 3 is 2.68 bits per heavy atom. The topological polar surface area (TPSA) is 141 Å². The highest BCUT2D eigenvalue weighted by atomic mass is 16.5. The number of esters is 1. The standard InChI is InChI=1S/C10H13N3O6/c1-19-9(17)6(14)4-11-7(15)2-5-3-8(16)13-10(18)12-5/h3,6,14H,2,4H2,1H3,(H,11,15)(H2,12,13,16,18). The summed E-state index contributed by atoms with van der Waals surface area (Å²) in [4.78, 5) is 48.5. The largest absolute Gasteiger partial charge is 0.467 e. The van der Waals surface area contributed by atoms with Gasteiger partial charge in [-0.25, -0.2) is 9.59 Å². The van der Waals surface area contributed by atoms with Crippen molar-refractivity contribution in [1.82, 2.24) is 15.3 Å². The number of carbonyl (C=O) groups excluding carboxylic acids is 2. The molecule has 9 heteroatoms. The van der Waals surface area contributed by atoms with Gasteiger partial charge >= 0.3 is 11.7 Å². The van der Waals surface area contributed by atoms with E-state index in [4.69, 9.17) is 0 Å². The average Bonchev–Trinajstić information content (AvgIpc) is 2.33. The van der Waals surface area contributed by atoms with Gasteiger partial charge in [-0.15, -0.1) is 0 Å². The summed E-state index contributed by atoms with van der Waals surface area (Å²) in [5, 5.41) is 11.5. The Kier molecular flexibility index (Phi) is 5.01. The molecule has 0 radical (unpaired) electrons. The van der Waals surface area contributed by atoms with Gasteiger partial charge in [0.1, 0.15) is 0 Å². The van der Waals surface area contributed by atoms with Gasteiger partial charge in [0.05, 0.1) is 20.1 Å². The molecule has 0 bridgehead atoms.